The first-order valence-electron chi connectivity index (χ1n) is 10.1. The van der Waals surface area contributed by atoms with E-state index in [0.717, 1.165) is 21.8 Å². The molecule has 2 aromatic carbocycles. The molecule has 0 atom stereocenters. The third kappa shape index (κ3) is 5.33. The van der Waals surface area contributed by atoms with E-state index in [1.165, 1.54) is 24.3 Å². The Kier molecular flexibility index (Phi) is 6.53. The van der Waals surface area contributed by atoms with Crippen molar-refractivity contribution < 1.29 is 17.6 Å². The largest absolute Gasteiger partial charge is 0.455 e. The summed E-state index contributed by atoms with van der Waals surface area (Å²) in [6.45, 7) is 2.42. The van der Waals surface area contributed by atoms with Gasteiger partial charge in [0.1, 0.15) is 11.5 Å². The van der Waals surface area contributed by atoms with Crippen LogP contribution in [0.15, 0.2) is 81.4 Å². The summed E-state index contributed by atoms with van der Waals surface area (Å²) in [5, 5.41) is 5.88. The third-order valence-electron chi connectivity index (χ3n) is 4.89. The Balaban J connectivity index is 1.30. The maximum Gasteiger partial charge on any atom is 0.287 e. The van der Waals surface area contributed by atoms with E-state index in [0.29, 0.717) is 13.0 Å². The molecule has 0 fully saturated rings. The van der Waals surface area contributed by atoms with Crippen LogP contribution in [0.1, 0.15) is 26.9 Å². The van der Waals surface area contributed by atoms with Gasteiger partial charge in [-0.2, -0.15) is 0 Å². The van der Waals surface area contributed by atoms with Crippen molar-refractivity contribution in [2.75, 3.05) is 6.54 Å². The van der Waals surface area contributed by atoms with E-state index in [1.807, 2.05) is 36.6 Å². The van der Waals surface area contributed by atoms with Crippen molar-refractivity contribution in [3.05, 3.63) is 94.2 Å². The molecule has 0 bridgehead atoms. The van der Waals surface area contributed by atoms with E-state index >= 15 is 0 Å². The number of rotatable bonds is 8. The first-order chi connectivity index (χ1) is 15.4. The van der Waals surface area contributed by atoms with Crippen molar-refractivity contribution in [1.29, 1.82) is 0 Å². The number of furan rings is 1. The molecule has 0 saturated heterocycles. The normalized spacial score (nSPS) is 11.4. The lowest BCUT2D eigenvalue weighted by Crippen LogP contribution is -2.25. The molecular weight excluding hydrogens is 444 g/mol. The van der Waals surface area contributed by atoms with Crippen LogP contribution in [-0.2, 0) is 22.0 Å². The van der Waals surface area contributed by atoms with E-state index < -0.39 is 9.84 Å². The number of thiazole rings is 1. The molecule has 0 saturated carbocycles. The van der Waals surface area contributed by atoms with Crippen LogP contribution in [-0.4, -0.2) is 25.9 Å². The first kappa shape index (κ1) is 22.0. The molecule has 32 heavy (non-hydrogen) atoms. The average Bonchev–Trinajstić information content (AvgIpc) is 3.44. The Morgan fingerprint density at radius 2 is 1.78 bits per heavy atom. The molecule has 6 nitrogen and oxygen atoms in total. The highest BCUT2D eigenvalue weighted by Gasteiger charge is 2.19. The zero-order chi connectivity index (χ0) is 22.6. The van der Waals surface area contributed by atoms with Crippen molar-refractivity contribution in [3.8, 4) is 11.3 Å². The van der Waals surface area contributed by atoms with Crippen LogP contribution >= 0.6 is 11.3 Å². The summed E-state index contributed by atoms with van der Waals surface area (Å²) in [5.41, 5.74) is 3.13. The Morgan fingerprint density at radius 3 is 2.47 bits per heavy atom. The summed E-state index contributed by atoms with van der Waals surface area (Å²) in [5.74, 6) is -0.345. The molecule has 1 N–H and O–H groups in total. The maximum absolute atomic E-state index is 12.5. The Bertz CT molecular complexity index is 1310. The number of benzene rings is 2. The lowest BCUT2D eigenvalue weighted by Gasteiger charge is -2.05. The van der Waals surface area contributed by atoms with Gasteiger partial charge in [-0.3, -0.25) is 4.79 Å². The molecule has 2 aromatic heterocycles. The fraction of sp³-hybridized carbons (Fsp3) is 0.167. The van der Waals surface area contributed by atoms with E-state index in [1.54, 1.807) is 29.5 Å². The van der Waals surface area contributed by atoms with Gasteiger partial charge in [-0.1, -0.05) is 42.5 Å². The zero-order valence-electron chi connectivity index (χ0n) is 17.4. The van der Waals surface area contributed by atoms with Gasteiger partial charge >= 0.3 is 0 Å². The molecule has 0 aliphatic carbocycles. The molecule has 8 heteroatoms. The van der Waals surface area contributed by atoms with E-state index in [9.17, 15) is 13.2 Å². The van der Waals surface area contributed by atoms with Crippen LogP contribution < -0.4 is 5.32 Å². The molecule has 0 radical (unpaired) electrons. The fourth-order valence-corrected chi connectivity index (χ4v) is 5.11. The number of carbonyl (C=O) groups is 1. The number of aromatic nitrogens is 1. The highest BCUT2D eigenvalue weighted by molar-refractivity contribution is 7.90. The molecule has 4 aromatic rings. The Morgan fingerprint density at radius 1 is 1.03 bits per heavy atom. The number of nitrogens with one attached hydrogen (secondary N) is 1. The molecule has 1 amide bonds. The van der Waals surface area contributed by atoms with Gasteiger partial charge in [0.2, 0.25) is 0 Å². The Labute approximate surface area is 190 Å². The number of carbonyl (C=O) groups excluding carboxylic acids is 1. The van der Waals surface area contributed by atoms with Crippen molar-refractivity contribution in [1.82, 2.24) is 10.3 Å². The fourth-order valence-electron chi connectivity index (χ4n) is 3.22. The van der Waals surface area contributed by atoms with Gasteiger partial charge in [0.05, 0.1) is 15.6 Å². The monoisotopic (exact) mass is 466 g/mol. The van der Waals surface area contributed by atoms with Gasteiger partial charge in [0.25, 0.3) is 5.91 Å². The standard InChI is InChI=1S/C24H22N2O4S2/c1-17-26-22(15-31-17)19-9-7-18(8-10-19)13-14-25-24(27)23-12-11-20(30-23)16-32(28,29)21-5-3-2-4-6-21/h2-12,15H,13-14,16H2,1H3,(H,25,27). The number of amides is 1. The second-order valence-electron chi connectivity index (χ2n) is 7.29. The average molecular weight is 467 g/mol. The SMILES string of the molecule is Cc1nc(-c2ccc(CCNC(=O)c3ccc(CS(=O)(=O)c4ccccc4)o3)cc2)cs1. The van der Waals surface area contributed by atoms with Crippen LogP contribution in [0.4, 0.5) is 0 Å². The smallest absolute Gasteiger partial charge is 0.287 e. The summed E-state index contributed by atoms with van der Waals surface area (Å²) in [6, 6.07) is 19.3. The topological polar surface area (TPSA) is 89.3 Å². The van der Waals surface area contributed by atoms with Crippen molar-refractivity contribution in [2.45, 2.75) is 24.0 Å². The molecule has 4 rings (SSSR count). The minimum atomic E-state index is -3.53. The van der Waals surface area contributed by atoms with E-state index in [-0.39, 0.29) is 28.1 Å². The lowest BCUT2D eigenvalue weighted by atomic mass is 10.1. The Hall–Kier alpha value is -3.23. The number of aryl methyl sites for hydroxylation is 1. The number of nitrogens with zero attached hydrogens (tertiary/aromatic N) is 1. The summed E-state index contributed by atoms with van der Waals surface area (Å²) in [4.78, 5) is 17.1. The van der Waals surface area contributed by atoms with Crippen molar-refractivity contribution >= 4 is 27.1 Å². The van der Waals surface area contributed by atoms with Gasteiger partial charge in [0.15, 0.2) is 15.6 Å². The van der Waals surface area contributed by atoms with E-state index in [2.05, 4.69) is 10.3 Å². The summed E-state index contributed by atoms with van der Waals surface area (Å²) >= 11 is 1.62. The van der Waals surface area contributed by atoms with Crippen molar-refractivity contribution in [3.63, 3.8) is 0 Å². The quantitative estimate of drug-likeness (QED) is 0.408. The highest BCUT2D eigenvalue weighted by atomic mass is 32.2. The zero-order valence-corrected chi connectivity index (χ0v) is 19.1. The third-order valence-corrected chi connectivity index (χ3v) is 7.32. The predicted molar refractivity (Wildman–Crippen MR) is 124 cm³/mol. The number of hydrogen-bond acceptors (Lipinski definition) is 6. The number of sulfone groups is 1. The minimum absolute atomic E-state index is 0.0949. The molecule has 2 heterocycles. The summed E-state index contributed by atoms with van der Waals surface area (Å²) in [6.07, 6.45) is 0.665. The lowest BCUT2D eigenvalue weighted by molar-refractivity contribution is 0.0925. The predicted octanol–water partition coefficient (Wildman–Crippen LogP) is 4.66. The minimum Gasteiger partial charge on any atom is -0.455 e. The summed E-state index contributed by atoms with van der Waals surface area (Å²) < 4.78 is 30.4. The van der Waals surface area contributed by atoms with Crippen molar-refractivity contribution in [2.24, 2.45) is 0 Å². The van der Waals surface area contributed by atoms with Crippen LogP contribution in [0, 0.1) is 6.92 Å². The van der Waals surface area contributed by atoms with E-state index in [4.69, 9.17) is 4.42 Å². The second-order valence-corrected chi connectivity index (χ2v) is 10.3. The van der Waals surface area contributed by atoms with Crippen LogP contribution in [0.2, 0.25) is 0 Å². The first-order valence-corrected chi connectivity index (χ1v) is 12.6. The van der Waals surface area contributed by atoms with Gasteiger partial charge in [0, 0.05) is 17.5 Å². The summed E-state index contributed by atoms with van der Waals surface area (Å²) in [7, 11) is -3.53. The van der Waals surface area contributed by atoms with Crippen LogP contribution in [0.3, 0.4) is 0 Å². The number of hydrogen-bond donors (Lipinski definition) is 1. The maximum atomic E-state index is 12.5. The van der Waals surface area contributed by atoms with Crippen LogP contribution in [0.25, 0.3) is 11.3 Å². The van der Waals surface area contributed by atoms with Gasteiger partial charge in [-0.25, -0.2) is 13.4 Å². The molecular formula is C24H22N2O4S2. The van der Waals surface area contributed by atoms with Gasteiger partial charge in [-0.15, -0.1) is 11.3 Å². The molecule has 0 spiro atoms. The molecule has 0 aliphatic rings. The van der Waals surface area contributed by atoms with Gasteiger partial charge in [-0.05, 0) is 43.2 Å². The molecule has 0 aliphatic heterocycles. The second kappa shape index (κ2) is 9.50. The highest BCUT2D eigenvalue weighted by Crippen LogP contribution is 2.22. The van der Waals surface area contributed by atoms with Gasteiger partial charge < -0.3 is 9.73 Å². The molecule has 164 valence electrons. The van der Waals surface area contributed by atoms with Crippen LogP contribution in [0.5, 0.6) is 0 Å². The molecule has 0 unspecified atom stereocenters.